The van der Waals surface area contributed by atoms with Crippen molar-refractivity contribution < 1.29 is 9.90 Å². The number of hydrogen-bond acceptors (Lipinski definition) is 2. The molecule has 0 aliphatic rings. The van der Waals surface area contributed by atoms with Crippen LogP contribution in [0.4, 0.5) is 0 Å². The lowest BCUT2D eigenvalue weighted by molar-refractivity contribution is -0.255. The first-order chi connectivity index (χ1) is 9.00. The number of benzene rings is 2. The summed E-state index contributed by atoms with van der Waals surface area (Å²) >= 11 is 0. The standard InChI is InChI=1S/C17H18O2.H3N/c1-11-9-16(17(18)19)15(13(3)12(11)2)10-14-7-5-4-6-8-14;/h4-9H,10H2,1-3H3,(H,18,19);1H3. The second-order valence-electron chi connectivity index (χ2n) is 4.92. The highest BCUT2D eigenvalue weighted by molar-refractivity contribution is 5.89. The first-order valence-corrected chi connectivity index (χ1v) is 6.35. The maximum absolute atomic E-state index is 11.3. The first-order valence-electron chi connectivity index (χ1n) is 6.35. The van der Waals surface area contributed by atoms with Crippen LogP contribution in [0.1, 0.15) is 38.2 Å². The predicted octanol–water partition coefficient (Wildman–Crippen LogP) is 2.94. The molecule has 20 heavy (non-hydrogen) atoms. The normalized spacial score (nSPS) is 9.95. The van der Waals surface area contributed by atoms with E-state index in [-0.39, 0.29) is 6.15 Å². The number of aromatic carboxylic acids is 1. The molecule has 0 saturated carbocycles. The maximum Gasteiger partial charge on any atom is 0.0718 e. The third-order valence-electron chi connectivity index (χ3n) is 3.74. The summed E-state index contributed by atoms with van der Waals surface area (Å²) in [6.45, 7) is 5.94. The van der Waals surface area contributed by atoms with E-state index < -0.39 is 5.97 Å². The Balaban J connectivity index is 0.00000200. The molecule has 0 heterocycles. The molecule has 2 aromatic carbocycles. The van der Waals surface area contributed by atoms with Crippen molar-refractivity contribution in [3.05, 3.63) is 69.8 Å². The average Bonchev–Trinajstić information content (AvgIpc) is 2.40. The molecule has 3 nitrogen and oxygen atoms in total. The van der Waals surface area contributed by atoms with Gasteiger partial charge in [-0.15, -0.1) is 0 Å². The van der Waals surface area contributed by atoms with Gasteiger partial charge in [-0.05, 0) is 61.1 Å². The molecule has 2 aromatic rings. The Morgan fingerprint density at radius 3 is 2.20 bits per heavy atom. The fraction of sp³-hybridized carbons (Fsp3) is 0.235. The summed E-state index contributed by atoms with van der Waals surface area (Å²) in [7, 11) is 0. The van der Waals surface area contributed by atoms with Gasteiger partial charge in [0, 0.05) is 5.56 Å². The monoisotopic (exact) mass is 271 g/mol. The number of rotatable bonds is 3. The molecule has 0 aliphatic heterocycles. The SMILES string of the molecule is Cc1cc(C(=O)[O-])c(Cc2ccccc2)c(C)c1C.[NH4+]. The van der Waals surface area contributed by atoms with Crippen molar-refractivity contribution in [2.45, 2.75) is 27.2 Å². The highest BCUT2D eigenvalue weighted by Gasteiger charge is 2.12. The number of carboxylic acid groups (broad SMARTS) is 1. The van der Waals surface area contributed by atoms with Gasteiger partial charge in [0.1, 0.15) is 0 Å². The van der Waals surface area contributed by atoms with Crippen molar-refractivity contribution in [1.29, 1.82) is 0 Å². The zero-order valence-electron chi connectivity index (χ0n) is 12.5. The zero-order valence-corrected chi connectivity index (χ0v) is 12.5. The average molecular weight is 271 g/mol. The number of carboxylic acids is 1. The molecular formula is C17H21NO2. The van der Waals surface area contributed by atoms with E-state index in [0.717, 1.165) is 27.8 Å². The fourth-order valence-electron chi connectivity index (χ4n) is 2.35. The van der Waals surface area contributed by atoms with E-state index in [9.17, 15) is 9.90 Å². The quantitative estimate of drug-likeness (QED) is 0.931. The first kappa shape index (κ1) is 15.9. The van der Waals surface area contributed by atoms with E-state index in [1.807, 2.05) is 51.1 Å². The molecule has 0 fully saturated rings. The van der Waals surface area contributed by atoms with Gasteiger partial charge >= 0.3 is 0 Å². The van der Waals surface area contributed by atoms with Crippen molar-refractivity contribution in [3.63, 3.8) is 0 Å². The van der Waals surface area contributed by atoms with Crippen molar-refractivity contribution in [2.24, 2.45) is 0 Å². The molecule has 0 aliphatic carbocycles. The summed E-state index contributed by atoms with van der Waals surface area (Å²) in [6, 6.07) is 11.6. The Bertz CT molecular complexity index is 619. The van der Waals surface area contributed by atoms with E-state index in [0.29, 0.717) is 12.0 Å². The summed E-state index contributed by atoms with van der Waals surface area (Å²) in [5.74, 6) is -1.10. The number of carbonyl (C=O) groups excluding carboxylic acids is 1. The van der Waals surface area contributed by atoms with Crippen LogP contribution >= 0.6 is 0 Å². The lowest BCUT2D eigenvalue weighted by atomic mass is 9.90. The molecule has 106 valence electrons. The smallest absolute Gasteiger partial charge is 0.0718 e. The number of hydrogen-bond donors (Lipinski definition) is 1. The molecule has 0 unspecified atom stereocenters. The molecule has 4 N–H and O–H groups in total. The number of aryl methyl sites for hydroxylation is 1. The van der Waals surface area contributed by atoms with Gasteiger partial charge in [-0.1, -0.05) is 30.3 Å². The van der Waals surface area contributed by atoms with E-state index in [1.165, 1.54) is 0 Å². The van der Waals surface area contributed by atoms with E-state index >= 15 is 0 Å². The van der Waals surface area contributed by atoms with Gasteiger partial charge < -0.3 is 16.1 Å². The van der Waals surface area contributed by atoms with E-state index in [2.05, 4.69) is 0 Å². The molecule has 0 amide bonds. The lowest BCUT2D eigenvalue weighted by Gasteiger charge is -2.18. The van der Waals surface area contributed by atoms with Gasteiger partial charge in [-0.2, -0.15) is 0 Å². The zero-order chi connectivity index (χ0) is 14.0. The molecule has 2 rings (SSSR count). The minimum absolute atomic E-state index is 0. The van der Waals surface area contributed by atoms with Crippen LogP contribution in [-0.2, 0) is 6.42 Å². The van der Waals surface area contributed by atoms with E-state index in [1.54, 1.807) is 6.07 Å². The lowest BCUT2D eigenvalue weighted by Crippen LogP contribution is -2.25. The predicted molar refractivity (Wildman–Crippen MR) is 80.2 cm³/mol. The Morgan fingerprint density at radius 1 is 1.05 bits per heavy atom. The van der Waals surface area contributed by atoms with Gasteiger partial charge in [0.25, 0.3) is 0 Å². The molecule has 0 aromatic heterocycles. The third kappa shape index (κ3) is 3.06. The van der Waals surface area contributed by atoms with Crippen LogP contribution in [0.2, 0.25) is 0 Å². The van der Waals surface area contributed by atoms with Gasteiger partial charge in [-0.25, -0.2) is 0 Å². The third-order valence-corrected chi connectivity index (χ3v) is 3.74. The van der Waals surface area contributed by atoms with Crippen LogP contribution < -0.4 is 11.3 Å². The molecule has 0 atom stereocenters. The Hall–Kier alpha value is -2.13. The molecule has 0 radical (unpaired) electrons. The van der Waals surface area contributed by atoms with Crippen molar-refractivity contribution in [2.75, 3.05) is 0 Å². The van der Waals surface area contributed by atoms with Crippen LogP contribution in [-0.4, -0.2) is 5.97 Å². The summed E-state index contributed by atoms with van der Waals surface area (Å²) in [4.78, 5) is 11.3. The summed E-state index contributed by atoms with van der Waals surface area (Å²) in [5, 5.41) is 11.3. The molecule has 3 heteroatoms. The summed E-state index contributed by atoms with van der Waals surface area (Å²) in [6.07, 6.45) is 0.622. The second kappa shape index (κ2) is 6.35. The number of quaternary nitrogens is 1. The molecular weight excluding hydrogens is 250 g/mol. The van der Waals surface area contributed by atoms with Crippen LogP contribution in [0.5, 0.6) is 0 Å². The molecule has 0 spiro atoms. The highest BCUT2D eigenvalue weighted by atomic mass is 16.4. The van der Waals surface area contributed by atoms with Crippen molar-refractivity contribution in [3.8, 4) is 0 Å². The van der Waals surface area contributed by atoms with Crippen molar-refractivity contribution in [1.82, 2.24) is 6.15 Å². The van der Waals surface area contributed by atoms with Crippen molar-refractivity contribution >= 4 is 5.97 Å². The van der Waals surface area contributed by atoms with Gasteiger partial charge in [-0.3, -0.25) is 0 Å². The summed E-state index contributed by atoms with van der Waals surface area (Å²) in [5.41, 5.74) is 5.46. The molecule has 0 bridgehead atoms. The Morgan fingerprint density at radius 2 is 1.65 bits per heavy atom. The minimum atomic E-state index is -1.10. The second-order valence-corrected chi connectivity index (χ2v) is 4.92. The Kier molecular flexibility index (Phi) is 5.06. The van der Waals surface area contributed by atoms with Crippen LogP contribution in [0, 0.1) is 20.8 Å². The maximum atomic E-state index is 11.3. The topological polar surface area (TPSA) is 76.6 Å². The largest absolute Gasteiger partial charge is 0.545 e. The Labute approximate surface area is 119 Å². The summed E-state index contributed by atoms with van der Waals surface area (Å²) < 4.78 is 0. The fourth-order valence-corrected chi connectivity index (χ4v) is 2.35. The minimum Gasteiger partial charge on any atom is -0.545 e. The van der Waals surface area contributed by atoms with Crippen LogP contribution in [0.3, 0.4) is 0 Å². The van der Waals surface area contributed by atoms with Gasteiger partial charge in [0.2, 0.25) is 0 Å². The van der Waals surface area contributed by atoms with Gasteiger partial charge in [0.05, 0.1) is 5.97 Å². The van der Waals surface area contributed by atoms with E-state index in [4.69, 9.17) is 0 Å². The van der Waals surface area contributed by atoms with Gasteiger partial charge in [0.15, 0.2) is 0 Å². The van der Waals surface area contributed by atoms with Crippen LogP contribution in [0.25, 0.3) is 0 Å². The molecule has 0 saturated heterocycles. The van der Waals surface area contributed by atoms with Crippen LogP contribution in [0.15, 0.2) is 36.4 Å². The number of carbonyl (C=O) groups is 1. The highest BCUT2D eigenvalue weighted by Crippen LogP contribution is 2.24.